The fourth-order valence-electron chi connectivity index (χ4n) is 3.77. The Balaban J connectivity index is 1.85. The molecule has 5 heteroatoms. The molecule has 1 aliphatic rings. The average molecular weight is 377 g/mol. The Morgan fingerprint density at radius 1 is 1.04 bits per heavy atom. The molecule has 0 radical (unpaired) electrons. The van der Waals surface area contributed by atoms with Gasteiger partial charge in [-0.2, -0.15) is 0 Å². The van der Waals surface area contributed by atoms with Crippen molar-refractivity contribution in [2.75, 3.05) is 4.90 Å². The van der Waals surface area contributed by atoms with Crippen LogP contribution in [0.2, 0.25) is 0 Å². The third-order valence-corrected chi connectivity index (χ3v) is 5.40. The summed E-state index contributed by atoms with van der Waals surface area (Å²) in [6, 6.07) is 19.3. The van der Waals surface area contributed by atoms with Crippen LogP contribution in [0.25, 0.3) is 0 Å². The summed E-state index contributed by atoms with van der Waals surface area (Å²) < 4.78 is 2.32. The first-order valence-electron chi connectivity index (χ1n) is 9.30. The van der Waals surface area contributed by atoms with E-state index in [1.54, 1.807) is 0 Å². The zero-order valence-electron chi connectivity index (χ0n) is 15.8. The lowest BCUT2D eigenvalue weighted by Gasteiger charge is -2.30. The first-order chi connectivity index (χ1) is 13.1. The molecule has 2 aromatic heterocycles. The molecule has 3 aromatic rings. The van der Waals surface area contributed by atoms with Crippen molar-refractivity contribution in [3.63, 3.8) is 0 Å². The lowest BCUT2D eigenvalue weighted by Crippen LogP contribution is -2.30. The lowest BCUT2D eigenvalue weighted by atomic mass is 10.0. The largest absolute Gasteiger partial charge is 0.351 e. The van der Waals surface area contributed by atoms with Gasteiger partial charge in [-0.1, -0.05) is 23.8 Å². The second kappa shape index (κ2) is 7.16. The van der Waals surface area contributed by atoms with Gasteiger partial charge < -0.3 is 14.8 Å². The van der Waals surface area contributed by atoms with Crippen LogP contribution < -0.4 is 10.2 Å². The molecule has 4 nitrogen and oxygen atoms in total. The quantitative estimate of drug-likeness (QED) is 0.653. The summed E-state index contributed by atoms with van der Waals surface area (Å²) in [6.45, 7) is 6.51. The predicted octanol–water partition coefficient (Wildman–Crippen LogP) is 4.95. The summed E-state index contributed by atoms with van der Waals surface area (Å²) >= 11 is 5.77. The second-order valence-corrected chi connectivity index (χ2v) is 7.65. The average Bonchev–Trinajstić information content (AvgIpc) is 3.27. The fourth-order valence-corrected chi connectivity index (χ4v) is 4.11. The van der Waals surface area contributed by atoms with Crippen molar-refractivity contribution in [3.05, 3.63) is 83.9 Å². The van der Waals surface area contributed by atoms with Crippen LogP contribution in [0.1, 0.15) is 48.9 Å². The van der Waals surface area contributed by atoms with E-state index >= 15 is 0 Å². The van der Waals surface area contributed by atoms with E-state index in [4.69, 9.17) is 12.2 Å². The van der Waals surface area contributed by atoms with Crippen LogP contribution in [0.5, 0.6) is 0 Å². The molecule has 2 atom stereocenters. The maximum atomic E-state index is 5.77. The molecule has 0 saturated carbocycles. The molecular weight excluding hydrogens is 352 g/mol. The molecule has 27 heavy (non-hydrogen) atoms. The summed E-state index contributed by atoms with van der Waals surface area (Å²) in [5.74, 6) is 0. The number of aromatic nitrogens is 2. The highest BCUT2D eigenvalue weighted by molar-refractivity contribution is 7.80. The van der Waals surface area contributed by atoms with E-state index in [1.807, 2.05) is 18.3 Å². The number of rotatable bonds is 4. The molecule has 0 unspecified atom stereocenters. The van der Waals surface area contributed by atoms with Gasteiger partial charge in [-0.15, -0.1) is 0 Å². The zero-order chi connectivity index (χ0) is 19.0. The smallest absolute Gasteiger partial charge is 0.174 e. The monoisotopic (exact) mass is 376 g/mol. The molecule has 1 aliphatic heterocycles. The molecule has 0 bridgehead atoms. The zero-order valence-corrected chi connectivity index (χ0v) is 16.6. The molecule has 138 valence electrons. The molecule has 3 heterocycles. The van der Waals surface area contributed by atoms with E-state index in [0.717, 1.165) is 16.5 Å². The minimum atomic E-state index is -0.00703. The van der Waals surface area contributed by atoms with E-state index in [-0.39, 0.29) is 12.1 Å². The SMILES string of the molecule is Cc1ccc(N2C(=S)N[C@H](c3ccccn3)[C@H]2c2cccn2C(C)C)cc1. The van der Waals surface area contributed by atoms with Crippen LogP contribution in [-0.2, 0) is 0 Å². The third kappa shape index (κ3) is 3.23. The first kappa shape index (κ1) is 17.7. The number of benzene rings is 1. The van der Waals surface area contributed by atoms with E-state index in [9.17, 15) is 0 Å². The molecule has 4 rings (SSSR count). The van der Waals surface area contributed by atoms with Gasteiger partial charge in [0.05, 0.1) is 11.7 Å². The van der Waals surface area contributed by atoms with Crippen molar-refractivity contribution in [1.29, 1.82) is 0 Å². The van der Waals surface area contributed by atoms with Gasteiger partial charge in [0.15, 0.2) is 5.11 Å². The number of hydrogen-bond donors (Lipinski definition) is 1. The first-order valence-corrected chi connectivity index (χ1v) is 9.71. The Labute approximate surface area is 165 Å². The fraction of sp³-hybridized carbons (Fsp3) is 0.273. The van der Waals surface area contributed by atoms with E-state index in [1.165, 1.54) is 11.3 Å². The van der Waals surface area contributed by atoms with E-state index < -0.39 is 0 Å². The van der Waals surface area contributed by atoms with Crippen molar-refractivity contribution in [2.45, 2.75) is 38.9 Å². The van der Waals surface area contributed by atoms with Crippen molar-refractivity contribution >= 4 is 23.0 Å². The van der Waals surface area contributed by atoms with Gasteiger partial charge in [-0.05, 0) is 69.4 Å². The van der Waals surface area contributed by atoms with Crippen LogP contribution in [-0.4, -0.2) is 14.7 Å². The van der Waals surface area contributed by atoms with Crippen molar-refractivity contribution < 1.29 is 0 Å². The topological polar surface area (TPSA) is 33.1 Å². The highest BCUT2D eigenvalue weighted by Crippen LogP contribution is 2.42. The minimum Gasteiger partial charge on any atom is -0.351 e. The van der Waals surface area contributed by atoms with Crippen molar-refractivity contribution in [1.82, 2.24) is 14.9 Å². The van der Waals surface area contributed by atoms with Gasteiger partial charge >= 0.3 is 0 Å². The van der Waals surface area contributed by atoms with Gasteiger partial charge in [0.2, 0.25) is 0 Å². The molecule has 1 aromatic carbocycles. The number of pyridine rings is 1. The molecular formula is C22H24N4S. The molecule has 0 aliphatic carbocycles. The van der Waals surface area contributed by atoms with Crippen LogP contribution in [0.4, 0.5) is 5.69 Å². The van der Waals surface area contributed by atoms with Gasteiger partial charge in [0.25, 0.3) is 0 Å². The summed E-state index contributed by atoms with van der Waals surface area (Å²) in [7, 11) is 0. The molecule has 1 fully saturated rings. The van der Waals surface area contributed by atoms with Crippen LogP contribution in [0.3, 0.4) is 0 Å². The highest BCUT2D eigenvalue weighted by atomic mass is 32.1. The van der Waals surface area contributed by atoms with Crippen LogP contribution >= 0.6 is 12.2 Å². The van der Waals surface area contributed by atoms with Gasteiger partial charge in [0.1, 0.15) is 6.04 Å². The Morgan fingerprint density at radius 2 is 1.81 bits per heavy atom. The minimum absolute atomic E-state index is 0.00703. The van der Waals surface area contributed by atoms with E-state index in [0.29, 0.717) is 6.04 Å². The molecule has 1 saturated heterocycles. The van der Waals surface area contributed by atoms with Crippen molar-refractivity contribution in [3.8, 4) is 0 Å². The molecule has 1 N–H and O–H groups in total. The number of nitrogens with zero attached hydrogens (tertiary/aromatic N) is 3. The maximum absolute atomic E-state index is 5.77. The number of thiocarbonyl (C=S) groups is 1. The molecule has 0 amide bonds. The Kier molecular flexibility index (Phi) is 4.70. The Hall–Kier alpha value is -2.66. The maximum Gasteiger partial charge on any atom is 0.174 e. The number of hydrogen-bond acceptors (Lipinski definition) is 2. The summed E-state index contributed by atoms with van der Waals surface area (Å²) in [6.07, 6.45) is 3.98. The summed E-state index contributed by atoms with van der Waals surface area (Å²) in [5.41, 5.74) is 4.56. The van der Waals surface area contributed by atoms with Crippen molar-refractivity contribution in [2.24, 2.45) is 0 Å². The number of nitrogens with one attached hydrogen (secondary N) is 1. The second-order valence-electron chi connectivity index (χ2n) is 7.27. The molecule has 0 spiro atoms. The summed E-state index contributed by atoms with van der Waals surface area (Å²) in [5, 5.41) is 4.25. The van der Waals surface area contributed by atoms with Gasteiger partial charge in [-0.3, -0.25) is 4.98 Å². The predicted molar refractivity (Wildman–Crippen MR) is 114 cm³/mol. The Bertz CT molecular complexity index is 930. The third-order valence-electron chi connectivity index (χ3n) is 5.08. The lowest BCUT2D eigenvalue weighted by molar-refractivity contribution is 0.497. The number of aryl methyl sites for hydroxylation is 1. The van der Waals surface area contributed by atoms with Crippen LogP contribution in [0.15, 0.2) is 67.0 Å². The number of anilines is 1. The van der Waals surface area contributed by atoms with E-state index in [2.05, 4.69) is 89.2 Å². The van der Waals surface area contributed by atoms with Gasteiger partial charge in [0, 0.05) is 29.8 Å². The highest BCUT2D eigenvalue weighted by Gasteiger charge is 2.42. The van der Waals surface area contributed by atoms with Crippen LogP contribution in [0, 0.1) is 6.92 Å². The standard InChI is InChI=1S/C22H24N4S/c1-15(2)25-14-6-8-19(25)21-20(18-7-4-5-13-23-18)24-22(27)26(21)17-11-9-16(3)10-12-17/h4-15,20-21H,1-3H3,(H,24,27)/t20-,21-/m1/s1. The Morgan fingerprint density at radius 3 is 2.48 bits per heavy atom. The van der Waals surface area contributed by atoms with Gasteiger partial charge in [-0.25, -0.2) is 0 Å². The summed E-state index contributed by atoms with van der Waals surface area (Å²) in [4.78, 5) is 6.84. The normalized spacial score (nSPS) is 19.6.